The maximum atomic E-state index is 13.2. The van der Waals surface area contributed by atoms with Crippen molar-refractivity contribution >= 4 is 32.8 Å². The lowest BCUT2D eigenvalue weighted by Crippen LogP contribution is -2.04. The molecule has 0 aliphatic carbocycles. The molecule has 2 unspecified atom stereocenters. The van der Waals surface area contributed by atoms with E-state index in [1.807, 2.05) is 31.4 Å². The predicted molar refractivity (Wildman–Crippen MR) is 107 cm³/mol. The van der Waals surface area contributed by atoms with Gasteiger partial charge in [-0.15, -0.1) is 0 Å². The van der Waals surface area contributed by atoms with Crippen molar-refractivity contribution in [2.75, 3.05) is 0 Å². The van der Waals surface area contributed by atoms with Crippen molar-refractivity contribution in [3.63, 3.8) is 0 Å². The third kappa shape index (κ3) is 3.15. The van der Waals surface area contributed by atoms with E-state index in [0.717, 1.165) is 16.5 Å². The second kappa shape index (κ2) is 6.68. The molecule has 4 aromatic rings. The molecular formula is C20H17N3O3S. The molecule has 0 aliphatic rings. The molecule has 0 spiro atoms. The number of pyridine rings is 1. The molecule has 6 nitrogen and oxygen atoms in total. The number of hydrogen-bond acceptors (Lipinski definition) is 4. The Kier molecular flexibility index (Phi) is 4.33. The van der Waals surface area contributed by atoms with Gasteiger partial charge in [-0.2, -0.15) is 5.10 Å². The van der Waals surface area contributed by atoms with Crippen LogP contribution in [0.25, 0.3) is 32.8 Å². The quantitative estimate of drug-likeness (QED) is 0.551. The average Bonchev–Trinajstić information content (AvgIpc) is 3.05. The summed E-state index contributed by atoms with van der Waals surface area (Å²) in [5, 5.41) is 5.36. The number of benzene rings is 1. The highest BCUT2D eigenvalue weighted by Gasteiger charge is 2.13. The normalized spacial score (nSPS) is 13.7. The van der Waals surface area contributed by atoms with E-state index in [1.165, 1.54) is 0 Å². The first-order valence-electron chi connectivity index (χ1n) is 8.39. The van der Waals surface area contributed by atoms with Gasteiger partial charge in [-0.1, -0.05) is 18.2 Å². The van der Waals surface area contributed by atoms with E-state index in [9.17, 15) is 13.6 Å². The molecule has 4 rings (SSSR count). The van der Waals surface area contributed by atoms with Crippen LogP contribution in [0.4, 0.5) is 0 Å². The van der Waals surface area contributed by atoms with Crippen LogP contribution in [0.1, 0.15) is 17.7 Å². The number of aryl methyl sites for hydroxylation is 1. The van der Waals surface area contributed by atoms with Crippen LogP contribution in [-0.2, 0) is 18.1 Å². The summed E-state index contributed by atoms with van der Waals surface area (Å²) in [4.78, 5) is 17.7. The highest BCUT2D eigenvalue weighted by atomic mass is 32.2. The van der Waals surface area contributed by atoms with Crippen LogP contribution in [0.5, 0.6) is 0 Å². The maximum absolute atomic E-state index is 13.2. The third-order valence-corrected chi connectivity index (χ3v) is 5.59. The molecule has 2 aromatic heterocycles. The molecule has 2 atom stereocenters. The molecule has 27 heavy (non-hydrogen) atoms. The van der Waals surface area contributed by atoms with Crippen LogP contribution in [0.15, 0.2) is 59.8 Å². The van der Waals surface area contributed by atoms with E-state index in [4.69, 9.17) is 0 Å². The van der Waals surface area contributed by atoms with Gasteiger partial charge in [0.2, 0.25) is 0 Å². The summed E-state index contributed by atoms with van der Waals surface area (Å²) >= 11 is -2.00. The van der Waals surface area contributed by atoms with Gasteiger partial charge in [0.25, 0.3) is 0 Å². The van der Waals surface area contributed by atoms with Crippen molar-refractivity contribution in [3.05, 3.63) is 70.8 Å². The maximum Gasteiger partial charge on any atom is 0.195 e. The lowest BCUT2D eigenvalue weighted by atomic mass is 10.1. The van der Waals surface area contributed by atoms with Crippen LogP contribution in [-0.4, -0.2) is 23.5 Å². The number of fused-ring (bicyclic) bond motifs is 2. The van der Waals surface area contributed by atoms with Gasteiger partial charge in [0, 0.05) is 41.3 Å². The number of aromatic nitrogens is 3. The average molecular weight is 379 g/mol. The van der Waals surface area contributed by atoms with Gasteiger partial charge in [0.1, 0.15) is 0 Å². The molecule has 0 radical (unpaired) electrons. The highest BCUT2D eigenvalue weighted by Crippen LogP contribution is 2.24. The van der Waals surface area contributed by atoms with E-state index < -0.39 is 16.3 Å². The monoisotopic (exact) mass is 379 g/mol. The Hall–Kier alpha value is -2.90. The zero-order valence-corrected chi connectivity index (χ0v) is 15.6. The van der Waals surface area contributed by atoms with Crippen molar-refractivity contribution in [1.29, 1.82) is 0 Å². The standard InChI is InChI=1S/C20H17N3O3S/c1-12(27(25)26)14-4-3-13-5-6-19-18(20(24)17(13)7-14)8-15(9-21-19)16-10-22-23(2)11-16/h3-12H,1-2H3,(H,25,26). The Bertz CT molecular complexity index is 1270. The Balaban J connectivity index is 2.00. The zero-order chi connectivity index (χ0) is 19.1. The van der Waals surface area contributed by atoms with E-state index in [0.29, 0.717) is 21.9 Å². The van der Waals surface area contributed by atoms with Gasteiger partial charge in [0.05, 0.1) is 17.0 Å². The summed E-state index contributed by atoms with van der Waals surface area (Å²) in [5.74, 6) is 0. The summed E-state index contributed by atoms with van der Waals surface area (Å²) < 4.78 is 22.5. The lowest BCUT2D eigenvalue weighted by molar-refractivity contribution is 0.554. The Morgan fingerprint density at radius 3 is 2.56 bits per heavy atom. The molecule has 136 valence electrons. The number of rotatable bonds is 3. The lowest BCUT2D eigenvalue weighted by Gasteiger charge is -2.07. The van der Waals surface area contributed by atoms with E-state index >= 15 is 0 Å². The topological polar surface area (TPSA) is 85.1 Å². The summed E-state index contributed by atoms with van der Waals surface area (Å²) in [6.45, 7) is 1.66. The van der Waals surface area contributed by atoms with Crippen molar-refractivity contribution in [1.82, 2.24) is 14.8 Å². The summed E-state index contributed by atoms with van der Waals surface area (Å²) in [7, 11) is 1.83. The molecule has 2 heterocycles. The van der Waals surface area contributed by atoms with Crippen LogP contribution < -0.4 is 5.43 Å². The van der Waals surface area contributed by atoms with E-state index in [1.54, 1.807) is 42.2 Å². The van der Waals surface area contributed by atoms with E-state index in [-0.39, 0.29) is 5.43 Å². The molecule has 0 bridgehead atoms. The van der Waals surface area contributed by atoms with Crippen LogP contribution in [0.2, 0.25) is 0 Å². The molecular weight excluding hydrogens is 362 g/mol. The van der Waals surface area contributed by atoms with Crippen LogP contribution >= 0.6 is 0 Å². The highest BCUT2D eigenvalue weighted by molar-refractivity contribution is 7.79. The van der Waals surface area contributed by atoms with Crippen molar-refractivity contribution in [3.8, 4) is 11.1 Å². The Morgan fingerprint density at radius 2 is 1.85 bits per heavy atom. The van der Waals surface area contributed by atoms with Gasteiger partial charge >= 0.3 is 0 Å². The van der Waals surface area contributed by atoms with Gasteiger partial charge in [-0.05, 0) is 36.1 Å². The van der Waals surface area contributed by atoms with Gasteiger partial charge in [-0.3, -0.25) is 14.5 Å². The second-order valence-electron chi connectivity index (χ2n) is 6.49. The Morgan fingerprint density at radius 1 is 1.07 bits per heavy atom. The van der Waals surface area contributed by atoms with Crippen LogP contribution in [0.3, 0.4) is 0 Å². The first kappa shape index (κ1) is 17.5. The van der Waals surface area contributed by atoms with Gasteiger partial charge < -0.3 is 4.55 Å². The molecule has 2 aromatic carbocycles. The zero-order valence-electron chi connectivity index (χ0n) is 14.8. The van der Waals surface area contributed by atoms with Crippen LogP contribution in [0, 0.1) is 0 Å². The molecule has 0 amide bonds. The fraction of sp³-hybridized carbons (Fsp3) is 0.150. The molecule has 0 fully saturated rings. The van der Waals surface area contributed by atoms with E-state index in [2.05, 4.69) is 10.1 Å². The van der Waals surface area contributed by atoms with Gasteiger partial charge in [0.15, 0.2) is 16.5 Å². The summed E-state index contributed by atoms with van der Waals surface area (Å²) in [5.41, 5.74) is 2.79. The molecule has 0 saturated carbocycles. The fourth-order valence-electron chi connectivity index (χ4n) is 3.12. The first-order chi connectivity index (χ1) is 12.9. The fourth-order valence-corrected chi connectivity index (χ4v) is 3.50. The smallest absolute Gasteiger partial charge is 0.195 e. The predicted octanol–water partition coefficient (Wildman–Crippen LogP) is 3.43. The van der Waals surface area contributed by atoms with Crippen molar-refractivity contribution < 1.29 is 8.76 Å². The summed E-state index contributed by atoms with van der Waals surface area (Å²) in [6.07, 6.45) is 5.32. The molecule has 7 heteroatoms. The minimum Gasteiger partial charge on any atom is -0.306 e. The Labute approximate surface area is 157 Å². The number of nitrogens with zero attached hydrogens (tertiary/aromatic N) is 3. The van der Waals surface area contributed by atoms with Gasteiger partial charge in [-0.25, -0.2) is 4.21 Å². The molecule has 0 aliphatic heterocycles. The molecule has 1 N–H and O–H groups in total. The minimum atomic E-state index is -2.00. The largest absolute Gasteiger partial charge is 0.306 e. The van der Waals surface area contributed by atoms with Crippen molar-refractivity contribution in [2.45, 2.75) is 12.2 Å². The van der Waals surface area contributed by atoms with Crippen molar-refractivity contribution in [2.24, 2.45) is 7.05 Å². The number of hydrogen-bond donors (Lipinski definition) is 1. The SMILES string of the molecule is CC(c1ccc2ccc3ncc(-c4cnn(C)c4)cc3c(=O)c2c1)S(=O)O. The minimum absolute atomic E-state index is 0.152. The molecule has 0 saturated heterocycles. The first-order valence-corrected chi connectivity index (χ1v) is 9.56. The third-order valence-electron chi connectivity index (χ3n) is 4.72. The summed E-state index contributed by atoms with van der Waals surface area (Å²) in [6, 6.07) is 10.8. The second-order valence-corrected chi connectivity index (χ2v) is 7.75.